The van der Waals surface area contributed by atoms with Gasteiger partial charge < -0.3 is 15.6 Å². The van der Waals surface area contributed by atoms with E-state index in [-0.39, 0.29) is 30.8 Å². The molecular formula is C24H21ClN4O2. The summed E-state index contributed by atoms with van der Waals surface area (Å²) >= 11 is 5.85. The molecule has 1 unspecified atom stereocenters. The van der Waals surface area contributed by atoms with Crippen LogP contribution in [-0.2, 0) is 4.79 Å². The van der Waals surface area contributed by atoms with Crippen LogP contribution in [0.25, 0.3) is 11.0 Å². The van der Waals surface area contributed by atoms with Crippen molar-refractivity contribution < 1.29 is 9.59 Å². The summed E-state index contributed by atoms with van der Waals surface area (Å²) in [7, 11) is 0. The molecule has 0 spiro atoms. The third-order valence-electron chi connectivity index (χ3n) is 4.96. The van der Waals surface area contributed by atoms with Crippen molar-refractivity contribution in [1.82, 2.24) is 20.6 Å². The number of H-pyrrole nitrogens is 1. The Hall–Kier alpha value is -3.64. The highest BCUT2D eigenvalue weighted by molar-refractivity contribution is 6.30. The first-order valence-electron chi connectivity index (χ1n) is 9.91. The molecule has 1 atom stereocenters. The Morgan fingerprint density at radius 1 is 0.968 bits per heavy atom. The van der Waals surface area contributed by atoms with Crippen molar-refractivity contribution in [3.05, 3.63) is 101 Å². The molecular weight excluding hydrogens is 412 g/mol. The van der Waals surface area contributed by atoms with Gasteiger partial charge in [0.15, 0.2) is 0 Å². The van der Waals surface area contributed by atoms with Crippen molar-refractivity contribution in [3.63, 3.8) is 0 Å². The Balaban J connectivity index is 1.42. The fourth-order valence-electron chi connectivity index (χ4n) is 3.36. The highest BCUT2D eigenvalue weighted by atomic mass is 35.5. The number of hydrogen-bond donors (Lipinski definition) is 3. The lowest BCUT2D eigenvalue weighted by Gasteiger charge is -2.20. The molecule has 0 fully saturated rings. The van der Waals surface area contributed by atoms with E-state index >= 15 is 0 Å². The van der Waals surface area contributed by atoms with Gasteiger partial charge in [0, 0.05) is 23.6 Å². The summed E-state index contributed by atoms with van der Waals surface area (Å²) < 4.78 is 0. The van der Waals surface area contributed by atoms with Crippen LogP contribution in [-0.4, -0.2) is 28.3 Å². The molecule has 1 aromatic heterocycles. The SMILES string of the molecule is O=C(CCNC(=O)c1ccc(Cl)cc1)NC(c1ccccc1)c1ccc2nc[nH]c2c1. The number of carbonyl (C=O) groups is 2. The van der Waals surface area contributed by atoms with Gasteiger partial charge in [-0.25, -0.2) is 4.98 Å². The zero-order chi connectivity index (χ0) is 21.6. The maximum Gasteiger partial charge on any atom is 0.251 e. The summed E-state index contributed by atoms with van der Waals surface area (Å²) in [6, 6.07) is 21.9. The molecule has 4 aromatic rings. The maximum atomic E-state index is 12.7. The Morgan fingerprint density at radius 2 is 1.74 bits per heavy atom. The average Bonchev–Trinajstić information content (AvgIpc) is 3.26. The van der Waals surface area contributed by atoms with Crippen LogP contribution in [0, 0.1) is 0 Å². The van der Waals surface area contributed by atoms with Crippen LogP contribution in [0.3, 0.4) is 0 Å². The van der Waals surface area contributed by atoms with E-state index < -0.39 is 0 Å². The van der Waals surface area contributed by atoms with Crippen molar-refractivity contribution in [2.24, 2.45) is 0 Å². The van der Waals surface area contributed by atoms with E-state index in [1.807, 2.05) is 48.5 Å². The lowest BCUT2D eigenvalue weighted by molar-refractivity contribution is -0.121. The zero-order valence-corrected chi connectivity index (χ0v) is 17.4. The van der Waals surface area contributed by atoms with Crippen LogP contribution in [0.2, 0.25) is 5.02 Å². The van der Waals surface area contributed by atoms with Crippen molar-refractivity contribution >= 4 is 34.4 Å². The number of imidazole rings is 1. The molecule has 0 saturated carbocycles. The number of nitrogens with one attached hydrogen (secondary N) is 3. The second kappa shape index (κ2) is 9.45. The van der Waals surface area contributed by atoms with Crippen LogP contribution >= 0.6 is 11.6 Å². The molecule has 1 heterocycles. The summed E-state index contributed by atoms with van der Waals surface area (Å²) in [5.74, 6) is -0.399. The molecule has 3 N–H and O–H groups in total. The van der Waals surface area contributed by atoms with Gasteiger partial charge in [0.1, 0.15) is 0 Å². The van der Waals surface area contributed by atoms with Gasteiger partial charge in [-0.15, -0.1) is 0 Å². The number of rotatable bonds is 7. The van der Waals surface area contributed by atoms with Gasteiger partial charge in [-0.1, -0.05) is 48.0 Å². The van der Waals surface area contributed by atoms with Gasteiger partial charge in [0.2, 0.25) is 5.91 Å². The van der Waals surface area contributed by atoms with Gasteiger partial charge in [-0.2, -0.15) is 0 Å². The quantitative estimate of drug-likeness (QED) is 0.408. The summed E-state index contributed by atoms with van der Waals surface area (Å²) in [5.41, 5.74) is 4.19. The molecule has 0 radical (unpaired) electrons. The Morgan fingerprint density at radius 3 is 2.52 bits per heavy atom. The van der Waals surface area contributed by atoms with Gasteiger partial charge in [-0.3, -0.25) is 9.59 Å². The van der Waals surface area contributed by atoms with E-state index in [9.17, 15) is 9.59 Å². The first-order chi connectivity index (χ1) is 15.1. The lowest BCUT2D eigenvalue weighted by atomic mass is 9.98. The van der Waals surface area contributed by atoms with Gasteiger partial charge in [0.25, 0.3) is 5.91 Å². The summed E-state index contributed by atoms with van der Waals surface area (Å²) in [6.45, 7) is 0.231. The van der Waals surface area contributed by atoms with E-state index in [0.717, 1.165) is 22.2 Å². The van der Waals surface area contributed by atoms with Crippen molar-refractivity contribution in [3.8, 4) is 0 Å². The molecule has 31 heavy (non-hydrogen) atoms. The Labute approximate surface area is 184 Å². The van der Waals surface area contributed by atoms with Crippen LogP contribution in [0.5, 0.6) is 0 Å². The minimum Gasteiger partial charge on any atom is -0.352 e. The second-order valence-corrected chi connectivity index (χ2v) is 7.54. The third-order valence-corrected chi connectivity index (χ3v) is 5.21. The number of aromatic nitrogens is 2. The smallest absolute Gasteiger partial charge is 0.251 e. The van der Waals surface area contributed by atoms with Gasteiger partial charge in [-0.05, 0) is 47.5 Å². The van der Waals surface area contributed by atoms with E-state index in [1.165, 1.54) is 0 Å². The fourth-order valence-corrected chi connectivity index (χ4v) is 3.49. The maximum absolute atomic E-state index is 12.7. The van der Waals surface area contributed by atoms with E-state index in [2.05, 4.69) is 20.6 Å². The number of aromatic amines is 1. The third kappa shape index (κ3) is 5.10. The number of hydrogen-bond acceptors (Lipinski definition) is 3. The fraction of sp³-hybridized carbons (Fsp3) is 0.125. The Bertz CT molecular complexity index is 1190. The Kier molecular flexibility index (Phi) is 6.29. The first kappa shape index (κ1) is 20.6. The molecule has 4 rings (SSSR count). The number of amides is 2. The molecule has 3 aromatic carbocycles. The molecule has 0 aliphatic heterocycles. The predicted molar refractivity (Wildman–Crippen MR) is 121 cm³/mol. The minimum atomic E-state index is -0.312. The highest BCUT2D eigenvalue weighted by Crippen LogP contribution is 2.24. The van der Waals surface area contributed by atoms with Crippen molar-refractivity contribution in [2.75, 3.05) is 6.54 Å². The van der Waals surface area contributed by atoms with E-state index in [4.69, 9.17) is 11.6 Å². The van der Waals surface area contributed by atoms with Crippen molar-refractivity contribution in [1.29, 1.82) is 0 Å². The highest BCUT2D eigenvalue weighted by Gasteiger charge is 2.18. The summed E-state index contributed by atoms with van der Waals surface area (Å²) in [6.07, 6.45) is 1.81. The number of carbonyl (C=O) groups excluding carboxylic acids is 2. The monoisotopic (exact) mass is 432 g/mol. The lowest BCUT2D eigenvalue weighted by Crippen LogP contribution is -2.33. The molecule has 0 bridgehead atoms. The number of benzene rings is 3. The number of halogens is 1. The van der Waals surface area contributed by atoms with Crippen LogP contribution < -0.4 is 10.6 Å². The average molecular weight is 433 g/mol. The van der Waals surface area contributed by atoms with Crippen molar-refractivity contribution in [2.45, 2.75) is 12.5 Å². The summed E-state index contributed by atoms with van der Waals surface area (Å²) in [4.78, 5) is 32.2. The predicted octanol–water partition coefficient (Wildman–Crippen LogP) is 4.24. The van der Waals surface area contributed by atoms with Gasteiger partial charge in [0.05, 0.1) is 23.4 Å². The second-order valence-electron chi connectivity index (χ2n) is 7.10. The molecule has 2 amide bonds. The standard InChI is InChI=1S/C24H21ClN4O2/c25-19-9-6-17(7-10-19)24(31)26-13-12-22(30)29-23(16-4-2-1-3-5-16)18-8-11-20-21(14-18)28-15-27-20/h1-11,14-15,23H,12-13H2,(H,26,31)(H,27,28)(H,29,30). The topological polar surface area (TPSA) is 86.9 Å². The van der Waals surface area contributed by atoms with E-state index in [0.29, 0.717) is 10.6 Å². The molecule has 7 heteroatoms. The van der Waals surface area contributed by atoms with Crippen LogP contribution in [0.4, 0.5) is 0 Å². The number of fused-ring (bicyclic) bond motifs is 1. The van der Waals surface area contributed by atoms with Crippen LogP contribution in [0.1, 0.15) is 33.9 Å². The van der Waals surface area contributed by atoms with Gasteiger partial charge >= 0.3 is 0 Å². The summed E-state index contributed by atoms with van der Waals surface area (Å²) in [5, 5.41) is 6.42. The normalized spacial score (nSPS) is 11.8. The minimum absolute atomic E-state index is 0.157. The number of nitrogens with zero attached hydrogens (tertiary/aromatic N) is 1. The molecule has 0 aliphatic carbocycles. The first-order valence-corrected chi connectivity index (χ1v) is 10.3. The zero-order valence-electron chi connectivity index (χ0n) is 16.6. The molecule has 0 saturated heterocycles. The molecule has 6 nitrogen and oxygen atoms in total. The van der Waals surface area contributed by atoms with E-state index in [1.54, 1.807) is 30.6 Å². The molecule has 0 aliphatic rings. The molecule has 156 valence electrons. The van der Waals surface area contributed by atoms with Crippen LogP contribution in [0.15, 0.2) is 79.1 Å². The largest absolute Gasteiger partial charge is 0.352 e.